The third-order valence-electron chi connectivity index (χ3n) is 5.31. The smallest absolute Gasteiger partial charge is 0.275 e. The van der Waals surface area contributed by atoms with Crippen LogP contribution in [0.2, 0.25) is 5.02 Å². The normalized spacial score (nSPS) is 11.0. The molecule has 32 heavy (non-hydrogen) atoms. The van der Waals surface area contributed by atoms with Crippen LogP contribution in [0, 0.1) is 0 Å². The lowest BCUT2D eigenvalue weighted by molar-refractivity contribution is -0.117. The second kappa shape index (κ2) is 8.29. The van der Waals surface area contributed by atoms with E-state index in [1.165, 1.54) is 4.68 Å². The number of amides is 1. The fraction of sp³-hybridized carbons (Fsp3) is 0.0385. The first kappa shape index (κ1) is 20.0. The number of carbonyl (C=O) groups excluding carboxylic acids is 1. The molecular weight excluding hydrogens is 422 g/mol. The van der Waals surface area contributed by atoms with Gasteiger partial charge in [-0.3, -0.25) is 9.59 Å². The summed E-state index contributed by atoms with van der Waals surface area (Å²) in [6.45, 7) is -0.197. The Hall–Kier alpha value is -3.96. The van der Waals surface area contributed by atoms with Crippen molar-refractivity contribution >= 4 is 44.7 Å². The first-order valence-corrected chi connectivity index (χ1v) is 10.5. The van der Waals surface area contributed by atoms with Crippen molar-refractivity contribution in [1.29, 1.82) is 0 Å². The number of hydrogen-bond donors (Lipinski definition) is 1. The zero-order valence-corrected chi connectivity index (χ0v) is 17.7. The van der Waals surface area contributed by atoms with E-state index in [1.807, 2.05) is 66.7 Å². The van der Waals surface area contributed by atoms with Crippen LogP contribution in [-0.2, 0) is 11.3 Å². The van der Waals surface area contributed by atoms with Gasteiger partial charge in [-0.25, -0.2) is 4.68 Å². The summed E-state index contributed by atoms with van der Waals surface area (Å²) in [4.78, 5) is 25.8. The summed E-state index contributed by atoms with van der Waals surface area (Å²) in [6.07, 6.45) is 0. The van der Waals surface area contributed by atoms with Crippen LogP contribution in [0.1, 0.15) is 0 Å². The first-order valence-electron chi connectivity index (χ1n) is 10.1. The third kappa shape index (κ3) is 3.86. The van der Waals surface area contributed by atoms with E-state index in [0.29, 0.717) is 21.8 Å². The molecule has 0 aliphatic rings. The highest BCUT2D eigenvalue weighted by atomic mass is 35.5. The molecule has 5 nitrogen and oxygen atoms in total. The second-order valence-corrected chi connectivity index (χ2v) is 7.91. The molecule has 4 aromatic carbocycles. The molecule has 0 bridgehead atoms. The maximum absolute atomic E-state index is 13.0. The van der Waals surface area contributed by atoms with E-state index in [2.05, 4.69) is 10.4 Å². The minimum absolute atomic E-state index is 0.197. The van der Waals surface area contributed by atoms with Crippen LogP contribution < -0.4 is 10.9 Å². The van der Waals surface area contributed by atoms with Gasteiger partial charge in [-0.2, -0.15) is 5.10 Å². The average Bonchev–Trinajstić information content (AvgIpc) is 2.81. The quantitative estimate of drug-likeness (QED) is 0.401. The zero-order valence-electron chi connectivity index (χ0n) is 17.0. The molecule has 1 aromatic heterocycles. The van der Waals surface area contributed by atoms with Gasteiger partial charge in [0.25, 0.3) is 5.56 Å². The Labute approximate surface area is 188 Å². The van der Waals surface area contributed by atoms with Gasteiger partial charge in [-0.15, -0.1) is 0 Å². The molecule has 0 spiro atoms. The highest BCUT2D eigenvalue weighted by molar-refractivity contribution is 6.30. The predicted octanol–water partition coefficient (Wildman–Crippen LogP) is 5.51. The number of halogens is 1. The van der Waals surface area contributed by atoms with Crippen molar-refractivity contribution in [3.63, 3.8) is 0 Å². The molecular formula is C26H18ClN3O2. The number of carbonyl (C=O) groups is 1. The van der Waals surface area contributed by atoms with E-state index < -0.39 is 0 Å². The SMILES string of the molecule is O=C(Cn1nc(-c2ccc(Cl)cc2)c2ccccc2c1=O)Nc1ccc2ccccc2c1. The summed E-state index contributed by atoms with van der Waals surface area (Å²) >= 11 is 6.03. The highest BCUT2D eigenvalue weighted by Gasteiger charge is 2.14. The number of benzene rings is 4. The Morgan fingerprint density at radius 1 is 0.844 bits per heavy atom. The van der Waals surface area contributed by atoms with Crippen LogP contribution in [0.3, 0.4) is 0 Å². The maximum Gasteiger partial charge on any atom is 0.275 e. The van der Waals surface area contributed by atoms with Gasteiger partial charge in [-0.05, 0) is 41.1 Å². The number of rotatable bonds is 4. The highest BCUT2D eigenvalue weighted by Crippen LogP contribution is 2.26. The topological polar surface area (TPSA) is 64.0 Å². The van der Waals surface area contributed by atoms with Gasteiger partial charge in [0, 0.05) is 21.7 Å². The Morgan fingerprint density at radius 2 is 1.53 bits per heavy atom. The molecule has 0 aliphatic carbocycles. The molecule has 0 unspecified atom stereocenters. The average molecular weight is 440 g/mol. The van der Waals surface area contributed by atoms with Gasteiger partial charge in [0.05, 0.1) is 11.1 Å². The molecule has 156 valence electrons. The number of aromatic nitrogens is 2. The molecule has 1 heterocycles. The van der Waals surface area contributed by atoms with Crippen LogP contribution in [0.5, 0.6) is 0 Å². The Kier molecular flexibility index (Phi) is 5.17. The third-order valence-corrected chi connectivity index (χ3v) is 5.56. The van der Waals surface area contributed by atoms with Crippen molar-refractivity contribution in [2.24, 2.45) is 0 Å². The minimum Gasteiger partial charge on any atom is -0.324 e. The van der Waals surface area contributed by atoms with E-state index >= 15 is 0 Å². The molecule has 5 aromatic rings. The number of nitrogens with zero attached hydrogens (tertiary/aromatic N) is 2. The van der Waals surface area contributed by atoms with Crippen molar-refractivity contribution in [3.8, 4) is 11.3 Å². The van der Waals surface area contributed by atoms with Gasteiger partial charge in [0.2, 0.25) is 5.91 Å². The zero-order chi connectivity index (χ0) is 22.1. The molecule has 0 fully saturated rings. The lowest BCUT2D eigenvalue weighted by atomic mass is 10.1. The van der Waals surface area contributed by atoms with Crippen LogP contribution >= 0.6 is 11.6 Å². The molecule has 0 atom stereocenters. The summed E-state index contributed by atoms with van der Waals surface area (Å²) < 4.78 is 1.21. The van der Waals surface area contributed by atoms with Gasteiger partial charge in [0.1, 0.15) is 6.54 Å². The van der Waals surface area contributed by atoms with Gasteiger partial charge < -0.3 is 5.32 Å². The van der Waals surface area contributed by atoms with Crippen LogP contribution in [0.25, 0.3) is 32.8 Å². The van der Waals surface area contributed by atoms with Crippen LogP contribution in [0.4, 0.5) is 5.69 Å². The summed E-state index contributed by atoms with van der Waals surface area (Å²) in [6, 6.07) is 28.1. The van der Waals surface area contributed by atoms with E-state index in [1.54, 1.807) is 24.3 Å². The Balaban J connectivity index is 1.50. The first-order chi connectivity index (χ1) is 15.6. The van der Waals surface area contributed by atoms with Crippen molar-refractivity contribution < 1.29 is 4.79 Å². The summed E-state index contributed by atoms with van der Waals surface area (Å²) in [5.74, 6) is -0.327. The number of anilines is 1. The lowest BCUT2D eigenvalue weighted by Crippen LogP contribution is -2.30. The Bertz CT molecular complexity index is 1520. The van der Waals surface area contributed by atoms with Crippen molar-refractivity contribution in [1.82, 2.24) is 9.78 Å². The van der Waals surface area contributed by atoms with E-state index in [4.69, 9.17) is 11.6 Å². The number of fused-ring (bicyclic) bond motifs is 2. The van der Waals surface area contributed by atoms with Gasteiger partial charge in [0.15, 0.2) is 0 Å². The Morgan fingerprint density at radius 3 is 2.31 bits per heavy atom. The van der Waals surface area contributed by atoms with E-state index in [9.17, 15) is 9.59 Å². The van der Waals surface area contributed by atoms with Crippen molar-refractivity contribution in [2.45, 2.75) is 6.54 Å². The van der Waals surface area contributed by atoms with E-state index in [0.717, 1.165) is 21.7 Å². The molecule has 0 radical (unpaired) electrons. The molecule has 6 heteroatoms. The fourth-order valence-electron chi connectivity index (χ4n) is 3.77. The maximum atomic E-state index is 13.0. The minimum atomic E-state index is -0.327. The second-order valence-electron chi connectivity index (χ2n) is 7.47. The van der Waals surface area contributed by atoms with Gasteiger partial charge >= 0.3 is 0 Å². The largest absolute Gasteiger partial charge is 0.324 e. The monoisotopic (exact) mass is 439 g/mol. The molecule has 0 saturated heterocycles. The molecule has 0 aliphatic heterocycles. The summed E-state index contributed by atoms with van der Waals surface area (Å²) in [5, 5.41) is 11.4. The molecule has 1 amide bonds. The van der Waals surface area contributed by atoms with Gasteiger partial charge in [-0.1, -0.05) is 72.3 Å². The van der Waals surface area contributed by atoms with E-state index in [-0.39, 0.29) is 18.0 Å². The van der Waals surface area contributed by atoms with Crippen LogP contribution in [-0.4, -0.2) is 15.7 Å². The summed E-state index contributed by atoms with van der Waals surface area (Å²) in [5.41, 5.74) is 1.79. The predicted molar refractivity (Wildman–Crippen MR) is 129 cm³/mol. The van der Waals surface area contributed by atoms with Crippen molar-refractivity contribution in [3.05, 3.63) is 106 Å². The molecule has 1 N–H and O–H groups in total. The van der Waals surface area contributed by atoms with Crippen LogP contribution in [0.15, 0.2) is 95.8 Å². The standard InChI is InChI=1S/C26H18ClN3O2/c27-20-12-9-18(10-13-20)25-22-7-3-4-8-23(22)26(32)30(29-25)16-24(31)28-21-14-11-17-5-1-2-6-19(17)15-21/h1-15H,16H2,(H,28,31). The van der Waals surface area contributed by atoms with Crippen molar-refractivity contribution in [2.75, 3.05) is 5.32 Å². The lowest BCUT2D eigenvalue weighted by Gasteiger charge is -2.12. The molecule has 0 saturated carbocycles. The number of nitrogens with one attached hydrogen (secondary N) is 1. The fourth-order valence-corrected chi connectivity index (χ4v) is 3.89. The number of hydrogen-bond acceptors (Lipinski definition) is 3. The summed E-state index contributed by atoms with van der Waals surface area (Å²) in [7, 11) is 0. The molecule has 5 rings (SSSR count).